The van der Waals surface area contributed by atoms with E-state index in [-0.39, 0.29) is 30.0 Å². The van der Waals surface area contributed by atoms with Gasteiger partial charge in [-0.25, -0.2) is 0 Å². The molecule has 1 unspecified atom stereocenters. The number of rotatable bonds is 7. The fourth-order valence-electron chi connectivity index (χ4n) is 2.22. The van der Waals surface area contributed by atoms with Gasteiger partial charge in [0.15, 0.2) is 12.4 Å². The van der Waals surface area contributed by atoms with Crippen LogP contribution < -0.4 is 10.1 Å². The average molecular weight is 314 g/mol. The van der Waals surface area contributed by atoms with Crippen molar-refractivity contribution < 1.29 is 14.5 Å². The Morgan fingerprint density at radius 1 is 1.17 bits per heavy atom. The normalized spacial score (nSPS) is 11.5. The molecule has 1 amide bonds. The van der Waals surface area contributed by atoms with Crippen LogP contribution in [0.1, 0.15) is 24.9 Å². The number of nitrogens with one attached hydrogen (secondary N) is 1. The molecule has 2 aromatic rings. The van der Waals surface area contributed by atoms with Crippen LogP contribution in [-0.4, -0.2) is 17.4 Å². The molecule has 6 heteroatoms. The lowest BCUT2D eigenvalue weighted by Crippen LogP contribution is -2.32. The van der Waals surface area contributed by atoms with Crippen LogP contribution in [0.3, 0.4) is 0 Å². The van der Waals surface area contributed by atoms with Crippen LogP contribution in [-0.2, 0) is 4.79 Å². The van der Waals surface area contributed by atoms with E-state index in [9.17, 15) is 14.9 Å². The highest BCUT2D eigenvalue weighted by molar-refractivity contribution is 5.78. The third kappa shape index (κ3) is 4.54. The van der Waals surface area contributed by atoms with E-state index in [2.05, 4.69) is 5.32 Å². The Morgan fingerprint density at radius 3 is 2.48 bits per heavy atom. The first-order chi connectivity index (χ1) is 11.1. The minimum atomic E-state index is -0.536. The fraction of sp³-hybridized carbons (Fsp3) is 0.235. The van der Waals surface area contributed by atoms with Crippen molar-refractivity contribution in [3.05, 3.63) is 70.3 Å². The molecule has 0 heterocycles. The summed E-state index contributed by atoms with van der Waals surface area (Å²) < 4.78 is 5.29. The van der Waals surface area contributed by atoms with E-state index in [1.807, 2.05) is 37.3 Å². The Kier molecular flexibility index (Phi) is 5.68. The van der Waals surface area contributed by atoms with Gasteiger partial charge in [0.1, 0.15) is 0 Å². The monoisotopic (exact) mass is 314 g/mol. The fourth-order valence-corrected chi connectivity index (χ4v) is 2.22. The molecular formula is C17H18N2O4. The third-order valence-electron chi connectivity index (χ3n) is 3.37. The average Bonchev–Trinajstić information content (AvgIpc) is 2.58. The van der Waals surface area contributed by atoms with Gasteiger partial charge in [0.2, 0.25) is 0 Å². The lowest BCUT2D eigenvalue weighted by Gasteiger charge is -2.17. The van der Waals surface area contributed by atoms with E-state index in [4.69, 9.17) is 4.74 Å². The molecule has 0 fully saturated rings. The number of hydrogen-bond acceptors (Lipinski definition) is 4. The smallest absolute Gasteiger partial charge is 0.310 e. The van der Waals surface area contributed by atoms with Crippen LogP contribution >= 0.6 is 0 Å². The lowest BCUT2D eigenvalue weighted by atomic mass is 10.0. The second-order valence-electron chi connectivity index (χ2n) is 4.95. The topological polar surface area (TPSA) is 81.5 Å². The van der Waals surface area contributed by atoms with Gasteiger partial charge in [-0.15, -0.1) is 0 Å². The zero-order valence-electron chi connectivity index (χ0n) is 12.8. The number of nitro groups is 1. The third-order valence-corrected chi connectivity index (χ3v) is 3.37. The SMILES string of the molecule is CCC(NC(=O)COc1ccccc1[N+](=O)[O-])c1ccccc1. The Hall–Kier alpha value is -2.89. The minimum Gasteiger partial charge on any atom is -0.477 e. The van der Waals surface area contributed by atoms with Crippen molar-refractivity contribution in [2.45, 2.75) is 19.4 Å². The van der Waals surface area contributed by atoms with Crippen LogP contribution in [0.2, 0.25) is 0 Å². The van der Waals surface area contributed by atoms with Gasteiger partial charge >= 0.3 is 5.69 Å². The number of nitro benzene ring substituents is 1. The van der Waals surface area contributed by atoms with E-state index < -0.39 is 4.92 Å². The highest BCUT2D eigenvalue weighted by Crippen LogP contribution is 2.25. The summed E-state index contributed by atoms with van der Waals surface area (Å²) in [6.07, 6.45) is 0.737. The number of amides is 1. The van der Waals surface area contributed by atoms with Crippen molar-refractivity contribution in [1.82, 2.24) is 5.32 Å². The molecule has 0 saturated carbocycles. The molecule has 23 heavy (non-hydrogen) atoms. The first-order valence-electron chi connectivity index (χ1n) is 7.32. The zero-order valence-corrected chi connectivity index (χ0v) is 12.8. The molecule has 2 rings (SSSR count). The molecule has 1 atom stereocenters. The van der Waals surface area contributed by atoms with Gasteiger partial charge in [-0.1, -0.05) is 49.4 Å². The van der Waals surface area contributed by atoms with Gasteiger partial charge in [0, 0.05) is 6.07 Å². The van der Waals surface area contributed by atoms with E-state index in [1.54, 1.807) is 12.1 Å². The van der Waals surface area contributed by atoms with Crippen LogP contribution in [0.25, 0.3) is 0 Å². The standard InChI is InChI=1S/C17H18N2O4/c1-2-14(13-8-4-3-5-9-13)18-17(20)12-23-16-11-7-6-10-15(16)19(21)22/h3-11,14H,2,12H2,1H3,(H,18,20). The van der Waals surface area contributed by atoms with Crippen LogP contribution in [0.4, 0.5) is 5.69 Å². The van der Waals surface area contributed by atoms with Gasteiger partial charge in [0.25, 0.3) is 5.91 Å². The van der Waals surface area contributed by atoms with Crippen molar-refractivity contribution in [3.8, 4) is 5.75 Å². The maximum absolute atomic E-state index is 12.0. The number of nitrogens with zero attached hydrogens (tertiary/aromatic N) is 1. The lowest BCUT2D eigenvalue weighted by molar-refractivity contribution is -0.385. The van der Waals surface area contributed by atoms with E-state index >= 15 is 0 Å². The number of para-hydroxylation sites is 2. The molecule has 1 N–H and O–H groups in total. The van der Waals surface area contributed by atoms with Gasteiger partial charge < -0.3 is 10.1 Å². The van der Waals surface area contributed by atoms with Crippen LogP contribution in [0.5, 0.6) is 5.75 Å². The molecule has 6 nitrogen and oxygen atoms in total. The Labute approximate surface area is 134 Å². The summed E-state index contributed by atoms with van der Waals surface area (Å²) in [5.41, 5.74) is 0.851. The Bertz CT molecular complexity index is 673. The van der Waals surface area contributed by atoms with E-state index in [0.717, 1.165) is 12.0 Å². The Balaban J connectivity index is 1.96. The minimum absolute atomic E-state index is 0.0837. The second kappa shape index (κ2) is 7.93. The molecule has 0 aliphatic heterocycles. The predicted octanol–water partition coefficient (Wildman–Crippen LogP) is 3.24. The number of carbonyl (C=O) groups is 1. The molecule has 0 saturated heterocycles. The molecule has 120 valence electrons. The second-order valence-corrected chi connectivity index (χ2v) is 4.95. The summed E-state index contributed by atoms with van der Waals surface area (Å²) in [6.45, 7) is 1.70. The van der Waals surface area contributed by atoms with Crippen LogP contribution in [0, 0.1) is 10.1 Å². The number of ether oxygens (including phenoxy) is 1. The molecule has 0 aromatic heterocycles. The Morgan fingerprint density at radius 2 is 1.83 bits per heavy atom. The highest BCUT2D eigenvalue weighted by atomic mass is 16.6. The quantitative estimate of drug-likeness (QED) is 0.628. The molecule has 0 radical (unpaired) electrons. The maximum Gasteiger partial charge on any atom is 0.310 e. The molecular weight excluding hydrogens is 296 g/mol. The first kappa shape index (κ1) is 16.5. The zero-order chi connectivity index (χ0) is 16.7. The van der Waals surface area contributed by atoms with Crippen molar-refractivity contribution >= 4 is 11.6 Å². The van der Waals surface area contributed by atoms with E-state index in [0.29, 0.717) is 0 Å². The summed E-state index contributed by atoms with van der Waals surface area (Å²) in [5, 5.41) is 13.8. The summed E-state index contributed by atoms with van der Waals surface area (Å²) in [4.78, 5) is 22.4. The van der Waals surface area contributed by atoms with Gasteiger partial charge in [-0.3, -0.25) is 14.9 Å². The number of hydrogen-bond donors (Lipinski definition) is 1. The molecule has 0 aliphatic rings. The summed E-state index contributed by atoms with van der Waals surface area (Å²) in [6, 6.07) is 15.5. The van der Waals surface area contributed by atoms with Crippen molar-refractivity contribution in [2.75, 3.05) is 6.61 Å². The summed E-state index contributed by atoms with van der Waals surface area (Å²) >= 11 is 0. The number of carbonyl (C=O) groups excluding carboxylic acids is 1. The van der Waals surface area contributed by atoms with Gasteiger partial charge in [-0.05, 0) is 18.1 Å². The van der Waals surface area contributed by atoms with E-state index in [1.165, 1.54) is 12.1 Å². The highest BCUT2D eigenvalue weighted by Gasteiger charge is 2.16. The first-order valence-corrected chi connectivity index (χ1v) is 7.32. The van der Waals surface area contributed by atoms with Crippen molar-refractivity contribution in [1.29, 1.82) is 0 Å². The number of benzene rings is 2. The van der Waals surface area contributed by atoms with Crippen LogP contribution in [0.15, 0.2) is 54.6 Å². The molecule has 0 bridgehead atoms. The summed E-state index contributed by atoms with van der Waals surface area (Å²) in [7, 11) is 0. The summed E-state index contributed by atoms with van der Waals surface area (Å²) in [5.74, 6) is -0.237. The molecule has 0 spiro atoms. The largest absolute Gasteiger partial charge is 0.477 e. The van der Waals surface area contributed by atoms with Gasteiger partial charge in [0.05, 0.1) is 11.0 Å². The molecule has 0 aliphatic carbocycles. The van der Waals surface area contributed by atoms with Crippen molar-refractivity contribution in [3.63, 3.8) is 0 Å². The van der Waals surface area contributed by atoms with Gasteiger partial charge in [-0.2, -0.15) is 0 Å². The predicted molar refractivity (Wildman–Crippen MR) is 86.2 cm³/mol. The van der Waals surface area contributed by atoms with Crippen molar-refractivity contribution in [2.24, 2.45) is 0 Å². The maximum atomic E-state index is 12.0. The molecule has 2 aromatic carbocycles.